The van der Waals surface area contributed by atoms with Crippen molar-refractivity contribution in [2.24, 2.45) is 0 Å². The van der Waals surface area contributed by atoms with E-state index in [0.717, 1.165) is 25.7 Å². The van der Waals surface area contributed by atoms with E-state index < -0.39 is 11.0 Å². The molecule has 0 bridgehead atoms. The molecule has 9 heteroatoms. The van der Waals surface area contributed by atoms with Gasteiger partial charge in [-0.1, -0.05) is 73.7 Å². The van der Waals surface area contributed by atoms with Gasteiger partial charge in [-0.25, -0.2) is 0 Å². The molecule has 34 heavy (non-hydrogen) atoms. The van der Waals surface area contributed by atoms with Gasteiger partial charge in [0.1, 0.15) is 6.04 Å². The number of hydrogen-bond donors (Lipinski definition) is 1. The zero-order chi connectivity index (χ0) is 24.7. The SMILES string of the molecule is CC[C@H](C(=O)NC1CCCCC1)N(Cc1ccc(Cl)cc1Cl)C(=O)Cc1ccccc1[N+](=O)[O-]. The smallest absolute Gasteiger partial charge is 0.273 e. The number of hydrogen-bond acceptors (Lipinski definition) is 4. The molecule has 1 aliphatic rings. The lowest BCUT2D eigenvalue weighted by molar-refractivity contribution is -0.385. The van der Waals surface area contributed by atoms with Crippen LogP contribution in [-0.4, -0.2) is 33.7 Å². The van der Waals surface area contributed by atoms with Gasteiger partial charge in [-0.2, -0.15) is 0 Å². The van der Waals surface area contributed by atoms with Crippen LogP contribution in [0.3, 0.4) is 0 Å². The molecule has 0 aromatic heterocycles. The van der Waals surface area contributed by atoms with E-state index in [4.69, 9.17) is 23.2 Å². The van der Waals surface area contributed by atoms with Gasteiger partial charge in [0, 0.05) is 34.3 Å². The van der Waals surface area contributed by atoms with E-state index in [9.17, 15) is 19.7 Å². The van der Waals surface area contributed by atoms with Crippen LogP contribution in [0, 0.1) is 10.1 Å². The second-order valence-corrected chi connectivity index (χ2v) is 9.43. The van der Waals surface area contributed by atoms with Crippen LogP contribution in [0.1, 0.15) is 56.6 Å². The van der Waals surface area contributed by atoms with E-state index in [0.29, 0.717) is 27.6 Å². The predicted molar refractivity (Wildman–Crippen MR) is 133 cm³/mol. The summed E-state index contributed by atoms with van der Waals surface area (Å²) in [5.74, 6) is -0.596. The lowest BCUT2D eigenvalue weighted by Gasteiger charge is -2.33. The Hall–Kier alpha value is -2.64. The highest BCUT2D eigenvalue weighted by Gasteiger charge is 2.31. The molecule has 0 spiro atoms. The van der Waals surface area contributed by atoms with Gasteiger partial charge < -0.3 is 10.2 Å². The summed E-state index contributed by atoms with van der Waals surface area (Å²) in [6, 6.07) is 10.5. The number of carbonyl (C=O) groups excluding carboxylic acids is 2. The van der Waals surface area contributed by atoms with Crippen LogP contribution < -0.4 is 5.32 Å². The largest absolute Gasteiger partial charge is 0.352 e. The first kappa shape index (κ1) is 26.0. The van der Waals surface area contributed by atoms with Gasteiger partial charge in [0.05, 0.1) is 11.3 Å². The maximum atomic E-state index is 13.5. The molecule has 3 rings (SSSR count). The number of rotatable bonds is 9. The molecular formula is C25H29Cl2N3O4. The predicted octanol–water partition coefficient (Wildman–Crippen LogP) is 5.70. The van der Waals surface area contributed by atoms with Crippen molar-refractivity contribution in [2.75, 3.05) is 0 Å². The van der Waals surface area contributed by atoms with Gasteiger partial charge >= 0.3 is 0 Å². The molecule has 0 aliphatic heterocycles. The number of nitro benzene ring substituents is 1. The zero-order valence-corrected chi connectivity index (χ0v) is 20.6. The third kappa shape index (κ3) is 6.70. The molecule has 2 amide bonds. The summed E-state index contributed by atoms with van der Waals surface area (Å²) < 4.78 is 0. The Balaban J connectivity index is 1.89. The van der Waals surface area contributed by atoms with Crippen LogP contribution in [0.2, 0.25) is 10.0 Å². The van der Waals surface area contributed by atoms with Crippen molar-refractivity contribution in [1.82, 2.24) is 10.2 Å². The molecule has 182 valence electrons. The topological polar surface area (TPSA) is 92.6 Å². The monoisotopic (exact) mass is 505 g/mol. The maximum Gasteiger partial charge on any atom is 0.273 e. The minimum atomic E-state index is -0.732. The van der Waals surface area contributed by atoms with Crippen LogP contribution >= 0.6 is 23.2 Å². The summed E-state index contributed by atoms with van der Waals surface area (Å²) in [6.45, 7) is 1.94. The van der Waals surface area contributed by atoms with E-state index in [2.05, 4.69) is 5.32 Å². The molecule has 2 aromatic carbocycles. The summed E-state index contributed by atoms with van der Waals surface area (Å²) in [5, 5.41) is 15.4. The first-order chi connectivity index (χ1) is 16.3. The van der Waals surface area contributed by atoms with E-state index in [-0.39, 0.29) is 36.5 Å². The number of halogens is 2. The number of nitrogens with one attached hydrogen (secondary N) is 1. The Bertz CT molecular complexity index is 1040. The van der Waals surface area contributed by atoms with Gasteiger partial charge in [-0.3, -0.25) is 19.7 Å². The van der Waals surface area contributed by atoms with Crippen molar-refractivity contribution in [1.29, 1.82) is 0 Å². The fourth-order valence-corrected chi connectivity index (χ4v) is 4.87. The third-order valence-electron chi connectivity index (χ3n) is 6.22. The van der Waals surface area contributed by atoms with Gasteiger partial charge in [0.25, 0.3) is 5.69 Å². The van der Waals surface area contributed by atoms with Crippen LogP contribution in [0.4, 0.5) is 5.69 Å². The lowest BCUT2D eigenvalue weighted by Crippen LogP contribution is -2.52. The van der Waals surface area contributed by atoms with Crippen LogP contribution in [-0.2, 0) is 22.6 Å². The van der Waals surface area contributed by atoms with E-state index in [1.165, 1.54) is 17.4 Å². The zero-order valence-electron chi connectivity index (χ0n) is 19.1. The molecule has 7 nitrogen and oxygen atoms in total. The number of nitrogens with zero attached hydrogens (tertiary/aromatic N) is 2. The summed E-state index contributed by atoms with van der Waals surface area (Å²) in [6.07, 6.45) is 5.36. The number of carbonyl (C=O) groups is 2. The van der Waals surface area contributed by atoms with E-state index >= 15 is 0 Å². The normalized spacial score (nSPS) is 14.9. The molecule has 0 radical (unpaired) electrons. The number of nitro groups is 1. The number of para-hydroxylation sites is 1. The molecule has 2 aromatic rings. The second-order valence-electron chi connectivity index (χ2n) is 8.59. The fraction of sp³-hybridized carbons (Fsp3) is 0.440. The molecular weight excluding hydrogens is 477 g/mol. The average Bonchev–Trinajstić information content (AvgIpc) is 2.81. The Labute approximate surface area is 209 Å². The molecule has 0 heterocycles. The van der Waals surface area contributed by atoms with Crippen LogP contribution in [0.25, 0.3) is 0 Å². The standard InChI is InChI=1S/C25H29Cl2N3O4/c1-2-22(25(32)28-20-9-4-3-5-10-20)29(16-18-12-13-19(26)15-21(18)27)24(31)14-17-8-6-7-11-23(17)30(33)34/h6-8,11-13,15,20,22H,2-5,9-10,14,16H2,1H3,(H,28,32)/t22-/m1/s1. The summed E-state index contributed by atoms with van der Waals surface area (Å²) in [7, 11) is 0. The van der Waals surface area contributed by atoms with Crippen molar-refractivity contribution < 1.29 is 14.5 Å². The van der Waals surface area contributed by atoms with Gasteiger partial charge in [0.2, 0.25) is 11.8 Å². The molecule has 1 N–H and O–H groups in total. The molecule has 1 fully saturated rings. The van der Waals surface area contributed by atoms with Crippen molar-refractivity contribution in [2.45, 2.75) is 70.5 Å². The maximum absolute atomic E-state index is 13.5. The van der Waals surface area contributed by atoms with Crippen molar-refractivity contribution in [3.8, 4) is 0 Å². The Kier molecular flexibility index (Phi) is 9.30. The lowest BCUT2D eigenvalue weighted by atomic mass is 9.95. The minimum Gasteiger partial charge on any atom is -0.352 e. The molecule has 1 aliphatic carbocycles. The number of amides is 2. The minimum absolute atomic E-state index is 0.0893. The quantitative estimate of drug-likeness (QED) is 0.349. The summed E-state index contributed by atoms with van der Waals surface area (Å²) >= 11 is 12.4. The molecule has 1 saturated carbocycles. The molecule has 0 unspecified atom stereocenters. The highest BCUT2D eigenvalue weighted by molar-refractivity contribution is 6.35. The van der Waals surface area contributed by atoms with Gasteiger partial charge in [-0.15, -0.1) is 0 Å². The summed E-state index contributed by atoms with van der Waals surface area (Å²) in [4.78, 5) is 39.2. The van der Waals surface area contributed by atoms with Crippen molar-refractivity contribution >= 4 is 40.7 Å². The van der Waals surface area contributed by atoms with Crippen LogP contribution in [0.5, 0.6) is 0 Å². The molecule has 1 atom stereocenters. The first-order valence-electron chi connectivity index (χ1n) is 11.6. The summed E-state index contributed by atoms with van der Waals surface area (Å²) in [5.41, 5.74) is 0.818. The third-order valence-corrected chi connectivity index (χ3v) is 6.81. The first-order valence-corrected chi connectivity index (χ1v) is 12.3. The fourth-order valence-electron chi connectivity index (χ4n) is 4.40. The van der Waals surface area contributed by atoms with Crippen molar-refractivity contribution in [3.05, 3.63) is 73.8 Å². The Morgan fingerprint density at radius 3 is 2.47 bits per heavy atom. The molecule has 0 saturated heterocycles. The highest BCUT2D eigenvalue weighted by Crippen LogP contribution is 2.26. The highest BCUT2D eigenvalue weighted by atomic mass is 35.5. The number of benzene rings is 2. The van der Waals surface area contributed by atoms with Crippen LogP contribution in [0.15, 0.2) is 42.5 Å². The van der Waals surface area contributed by atoms with Gasteiger partial charge in [0.15, 0.2) is 0 Å². The average molecular weight is 506 g/mol. The Morgan fingerprint density at radius 1 is 1.12 bits per heavy atom. The van der Waals surface area contributed by atoms with E-state index in [1.54, 1.807) is 36.4 Å². The Morgan fingerprint density at radius 2 is 1.82 bits per heavy atom. The second kappa shape index (κ2) is 12.2. The van der Waals surface area contributed by atoms with E-state index in [1.807, 2.05) is 6.92 Å². The van der Waals surface area contributed by atoms with Gasteiger partial charge in [-0.05, 0) is 37.0 Å². The van der Waals surface area contributed by atoms with Crippen molar-refractivity contribution in [3.63, 3.8) is 0 Å².